The molecular weight excluding hydrogens is 346 g/mol. The van der Waals surface area contributed by atoms with Crippen molar-refractivity contribution in [3.8, 4) is 5.75 Å². The van der Waals surface area contributed by atoms with Gasteiger partial charge in [-0.05, 0) is 36.2 Å². The number of ketones is 1. The van der Waals surface area contributed by atoms with Crippen molar-refractivity contribution in [1.29, 1.82) is 0 Å². The average molecular weight is 369 g/mol. The van der Waals surface area contributed by atoms with Gasteiger partial charge >= 0.3 is 5.97 Å². The third kappa shape index (κ3) is 6.26. The molecule has 0 fully saturated rings. The Balaban J connectivity index is 1.88. The highest BCUT2D eigenvalue weighted by molar-refractivity contribution is 5.98. The van der Waals surface area contributed by atoms with Crippen molar-refractivity contribution in [2.45, 2.75) is 32.2 Å². The molecule has 6 heteroatoms. The van der Waals surface area contributed by atoms with Crippen molar-refractivity contribution in [3.05, 3.63) is 65.7 Å². The summed E-state index contributed by atoms with van der Waals surface area (Å²) in [6, 6.07) is 14.1. The molecule has 142 valence electrons. The number of carbonyl (C=O) groups excluding carboxylic acids is 2. The van der Waals surface area contributed by atoms with Gasteiger partial charge in [-0.3, -0.25) is 9.59 Å². The van der Waals surface area contributed by atoms with Gasteiger partial charge in [-0.25, -0.2) is 4.79 Å². The number of benzene rings is 2. The molecule has 2 N–H and O–H groups in total. The number of carbonyl (C=O) groups is 3. The molecule has 27 heavy (non-hydrogen) atoms. The lowest BCUT2D eigenvalue weighted by Gasteiger charge is -2.14. The summed E-state index contributed by atoms with van der Waals surface area (Å²) in [6.45, 7) is 2.62. The molecule has 0 spiro atoms. The Morgan fingerprint density at radius 3 is 2.26 bits per heavy atom. The quantitative estimate of drug-likeness (QED) is 0.626. The predicted molar refractivity (Wildman–Crippen MR) is 101 cm³/mol. The van der Waals surface area contributed by atoms with E-state index in [1.165, 1.54) is 0 Å². The Hall–Kier alpha value is -3.15. The van der Waals surface area contributed by atoms with Gasteiger partial charge in [0.2, 0.25) is 5.91 Å². The lowest BCUT2D eigenvalue weighted by Crippen LogP contribution is -2.33. The van der Waals surface area contributed by atoms with Crippen molar-refractivity contribution in [3.63, 3.8) is 0 Å². The summed E-state index contributed by atoms with van der Waals surface area (Å²) in [7, 11) is 0. The maximum Gasteiger partial charge on any atom is 0.330 e. The number of carboxylic acid groups (broad SMARTS) is 1. The van der Waals surface area contributed by atoms with Crippen LogP contribution in [0.5, 0.6) is 5.75 Å². The largest absolute Gasteiger partial charge is 0.494 e. The molecule has 0 radical (unpaired) electrons. The summed E-state index contributed by atoms with van der Waals surface area (Å²) in [5, 5.41) is 11.8. The fourth-order valence-electron chi connectivity index (χ4n) is 2.49. The molecular formula is C21H23NO5. The van der Waals surface area contributed by atoms with Crippen LogP contribution < -0.4 is 10.1 Å². The second-order valence-corrected chi connectivity index (χ2v) is 6.05. The number of carboxylic acids is 1. The number of hydrogen-bond donors (Lipinski definition) is 2. The van der Waals surface area contributed by atoms with Gasteiger partial charge in [-0.2, -0.15) is 0 Å². The number of hydrogen-bond acceptors (Lipinski definition) is 4. The molecule has 0 bridgehead atoms. The molecule has 2 aromatic rings. The number of rotatable bonds is 10. The standard InChI is InChI=1S/C21H23NO5/c1-2-14-27-17-10-8-15(9-11-17)18(23)12-13-19(24)22-20(21(25)26)16-6-4-3-5-7-16/h3-11,20H,2,12-14H2,1H3,(H,22,24)(H,25,26)/t20-/m0/s1. The molecule has 2 rings (SSSR count). The van der Waals surface area contributed by atoms with E-state index in [0.29, 0.717) is 23.5 Å². The van der Waals surface area contributed by atoms with Gasteiger partial charge in [0.05, 0.1) is 6.61 Å². The Labute approximate surface area is 158 Å². The Morgan fingerprint density at radius 1 is 1.00 bits per heavy atom. The van der Waals surface area contributed by atoms with E-state index in [-0.39, 0.29) is 18.6 Å². The van der Waals surface area contributed by atoms with Crippen LogP contribution in [0.3, 0.4) is 0 Å². The lowest BCUT2D eigenvalue weighted by molar-refractivity contribution is -0.142. The smallest absolute Gasteiger partial charge is 0.330 e. The second kappa shape index (κ2) is 10.1. The van der Waals surface area contributed by atoms with Crippen LogP contribution in [0.2, 0.25) is 0 Å². The number of ether oxygens (including phenoxy) is 1. The van der Waals surface area contributed by atoms with Gasteiger partial charge in [0.25, 0.3) is 0 Å². The molecule has 0 saturated carbocycles. The van der Waals surface area contributed by atoms with E-state index < -0.39 is 17.9 Å². The first-order valence-corrected chi connectivity index (χ1v) is 8.84. The van der Waals surface area contributed by atoms with Crippen LogP contribution in [0.4, 0.5) is 0 Å². The zero-order chi connectivity index (χ0) is 19.6. The number of Topliss-reactive ketones (excluding diaryl/α,β-unsaturated/α-hetero) is 1. The highest BCUT2D eigenvalue weighted by atomic mass is 16.5. The number of nitrogens with one attached hydrogen (secondary N) is 1. The van der Waals surface area contributed by atoms with E-state index in [1.54, 1.807) is 54.6 Å². The maximum atomic E-state index is 12.2. The highest BCUT2D eigenvalue weighted by Crippen LogP contribution is 2.16. The van der Waals surface area contributed by atoms with Crippen LogP contribution in [0.1, 0.15) is 48.1 Å². The average Bonchev–Trinajstić information content (AvgIpc) is 2.69. The molecule has 6 nitrogen and oxygen atoms in total. The fourth-order valence-corrected chi connectivity index (χ4v) is 2.49. The lowest BCUT2D eigenvalue weighted by atomic mass is 10.0. The van der Waals surface area contributed by atoms with E-state index >= 15 is 0 Å². The van der Waals surface area contributed by atoms with Crippen molar-refractivity contribution < 1.29 is 24.2 Å². The fraction of sp³-hybridized carbons (Fsp3) is 0.286. The molecule has 0 aliphatic rings. The van der Waals surface area contributed by atoms with Crippen LogP contribution in [0.25, 0.3) is 0 Å². The molecule has 0 aliphatic carbocycles. The molecule has 1 atom stereocenters. The summed E-state index contributed by atoms with van der Waals surface area (Å²) < 4.78 is 5.47. The molecule has 1 amide bonds. The molecule has 2 aromatic carbocycles. The molecule has 0 aliphatic heterocycles. The summed E-state index contributed by atoms with van der Waals surface area (Å²) in [6.07, 6.45) is 0.821. The summed E-state index contributed by atoms with van der Waals surface area (Å²) >= 11 is 0. The van der Waals surface area contributed by atoms with Crippen molar-refractivity contribution in [2.24, 2.45) is 0 Å². The topological polar surface area (TPSA) is 92.7 Å². The minimum atomic E-state index is -1.15. The minimum absolute atomic E-state index is 0.00211. The van der Waals surface area contributed by atoms with Crippen LogP contribution in [-0.2, 0) is 9.59 Å². The summed E-state index contributed by atoms with van der Waals surface area (Å²) in [4.78, 5) is 35.7. The second-order valence-electron chi connectivity index (χ2n) is 6.05. The van der Waals surface area contributed by atoms with E-state index in [0.717, 1.165) is 6.42 Å². The first-order chi connectivity index (χ1) is 13.0. The zero-order valence-corrected chi connectivity index (χ0v) is 15.2. The number of aliphatic carboxylic acids is 1. The van der Waals surface area contributed by atoms with Crippen LogP contribution in [0.15, 0.2) is 54.6 Å². The van der Waals surface area contributed by atoms with Crippen LogP contribution in [0, 0.1) is 0 Å². The van der Waals surface area contributed by atoms with Crippen molar-refractivity contribution >= 4 is 17.7 Å². The van der Waals surface area contributed by atoms with Gasteiger partial charge in [0.1, 0.15) is 5.75 Å². The third-order valence-corrected chi connectivity index (χ3v) is 3.91. The van der Waals surface area contributed by atoms with Gasteiger partial charge < -0.3 is 15.2 Å². The molecule has 0 heterocycles. The summed E-state index contributed by atoms with van der Waals surface area (Å²) in [5.41, 5.74) is 0.969. The third-order valence-electron chi connectivity index (χ3n) is 3.91. The van der Waals surface area contributed by atoms with E-state index in [9.17, 15) is 19.5 Å². The maximum absolute atomic E-state index is 12.2. The molecule has 0 unspecified atom stereocenters. The van der Waals surface area contributed by atoms with Crippen molar-refractivity contribution in [1.82, 2.24) is 5.32 Å². The van der Waals surface area contributed by atoms with Gasteiger partial charge in [0, 0.05) is 18.4 Å². The zero-order valence-electron chi connectivity index (χ0n) is 15.2. The Morgan fingerprint density at radius 2 is 1.67 bits per heavy atom. The van der Waals surface area contributed by atoms with Crippen LogP contribution in [-0.4, -0.2) is 29.4 Å². The predicted octanol–water partition coefficient (Wildman–Crippen LogP) is 3.38. The molecule has 0 saturated heterocycles. The minimum Gasteiger partial charge on any atom is -0.494 e. The SMILES string of the molecule is CCCOc1ccc(C(=O)CCC(=O)N[C@H](C(=O)O)c2ccccc2)cc1. The highest BCUT2D eigenvalue weighted by Gasteiger charge is 2.22. The first-order valence-electron chi connectivity index (χ1n) is 8.84. The van der Waals surface area contributed by atoms with Crippen molar-refractivity contribution in [2.75, 3.05) is 6.61 Å². The van der Waals surface area contributed by atoms with E-state index in [1.807, 2.05) is 6.92 Å². The Kier molecular flexibility index (Phi) is 7.55. The van der Waals surface area contributed by atoms with Crippen LogP contribution >= 0.6 is 0 Å². The summed E-state index contributed by atoms with van der Waals surface area (Å²) in [5.74, 6) is -1.12. The number of amides is 1. The van der Waals surface area contributed by atoms with Gasteiger partial charge in [0.15, 0.2) is 11.8 Å². The normalized spacial score (nSPS) is 11.4. The van der Waals surface area contributed by atoms with Gasteiger partial charge in [-0.15, -0.1) is 0 Å². The first kappa shape index (κ1) is 20.2. The van der Waals surface area contributed by atoms with E-state index in [2.05, 4.69) is 5.32 Å². The van der Waals surface area contributed by atoms with Gasteiger partial charge in [-0.1, -0.05) is 37.3 Å². The monoisotopic (exact) mass is 369 g/mol. The van der Waals surface area contributed by atoms with E-state index in [4.69, 9.17) is 4.74 Å². The molecule has 0 aromatic heterocycles. The Bertz CT molecular complexity index is 771.